The second-order valence-electron chi connectivity index (χ2n) is 5.93. The fraction of sp³-hybridized carbons (Fsp3) is 1.00. The highest BCUT2D eigenvalue weighted by atomic mass is 16.5. The Bertz CT molecular complexity index is 236. The quantitative estimate of drug-likeness (QED) is 0.817. The highest BCUT2D eigenvalue weighted by molar-refractivity contribution is 4.91. The van der Waals surface area contributed by atoms with Gasteiger partial charge in [-0.2, -0.15) is 0 Å². The van der Waals surface area contributed by atoms with Crippen LogP contribution in [0.3, 0.4) is 0 Å². The summed E-state index contributed by atoms with van der Waals surface area (Å²) in [4.78, 5) is 2.70. The maximum Gasteiger partial charge on any atom is 0.0587 e. The molecular weight excluding hydrogens is 212 g/mol. The van der Waals surface area contributed by atoms with Crippen LogP contribution < -0.4 is 5.32 Å². The van der Waals surface area contributed by atoms with Crippen LogP contribution in [0, 0.1) is 0 Å². The van der Waals surface area contributed by atoms with E-state index >= 15 is 0 Å². The molecule has 3 heteroatoms. The summed E-state index contributed by atoms with van der Waals surface area (Å²) in [5.74, 6) is 0. The van der Waals surface area contributed by atoms with Crippen LogP contribution in [0.2, 0.25) is 0 Å². The molecule has 17 heavy (non-hydrogen) atoms. The third kappa shape index (κ3) is 3.21. The van der Waals surface area contributed by atoms with Crippen LogP contribution in [-0.2, 0) is 4.74 Å². The topological polar surface area (TPSA) is 24.5 Å². The summed E-state index contributed by atoms with van der Waals surface area (Å²) < 4.78 is 5.77. The molecule has 2 unspecified atom stereocenters. The zero-order valence-electron chi connectivity index (χ0n) is 11.7. The zero-order chi connectivity index (χ0) is 12.3. The molecule has 0 saturated carbocycles. The molecule has 0 aromatic carbocycles. The first kappa shape index (κ1) is 13.3. The molecule has 0 bridgehead atoms. The lowest BCUT2D eigenvalue weighted by molar-refractivity contribution is -0.0364. The summed E-state index contributed by atoms with van der Waals surface area (Å²) >= 11 is 0. The minimum absolute atomic E-state index is 0.367. The largest absolute Gasteiger partial charge is 0.378 e. The Kier molecular flexibility index (Phi) is 4.45. The van der Waals surface area contributed by atoms with Gasteiger partial charge in [0, 0.05) is 31.3 Å². The average molecular weight is 240 g/mol. The number of nitrogens with zero attached hydrogens (tertiary/aromatic N) is 1. The van der Waals surface area contributed by atoms with Crippen LogP contribution >= 0.6 is 0 Å². The first-order valence-corrected chi connectivity index (χ1v) is 7.21. The van der Waals surface area contributed by atoms with Crippen LogP contribution in [0.4, 0.5) is 0 Å². The molecule has 2 rings (SSSR count). The third-order valence-electron chi connectivity index (χ3n) is 4.82. The summed E-state index contributed by atoms with van der Waals surface area (Å²) in [5, 5.41) is 3.47. The predicted molar refractivity (Wildman–Crippen MR) is 71.3 cm³/mol. The Labute approximate surface area is 106 Å². The van der Waals surface area contributed by atoms with Crippen LogP contribution in [0.25, 0.3) is 0 Å². The lowest BCUT2D eigenvalue weighted by atomic mass is 9.88. The summed E-state index contributed by atoms with van der Waals surface area (Å²) in [6.45, 7) is 8.05. The standard InChI is InChI=1S/C14H28N2O/c1-4-13-11-12(5-10-17-13)16-8-6-14(2,15-3)7-9-16/h12-13,15H,4-11H2,1-3H3. The monoisotopic (exact) mass is 240 g/mol. The summed E-state index contributed by atoms with van der Waals surface area (Å²) in [6, 6.07) is 0.773. The molecule has 2 saturated heterocycles. The summed E-state index contributed by atoms with van der Waals surface area (Å²) in [7, 11) is 2.09. The Morgan fingerprint density at radius 3 is 2.65 bits per heavy atom. The van der Waals surface area contributed by atoms with Gasteiger partial charge in [-0.3, -0.25) is 0 Å². The summed E-state index contributed by atoms with van der Waals surface area (Å²) in [6.07, 6.45) is 6.69. The molecule has 3 nitrogen and oxygen atoms in total. The summed E-state index contributed by atoms with van der Waals surface area (Å²) in [5.41, 5.74) is 0.367. The zero-order valence-corrected chi connectivity index (χ0v) is 11.7. The van der Waals surface area contributed by atoms with Gasteiger partial charge in [0.15, 0.2) is 0 Å². The molecular formula is C14H28N2O. The van der Waals surface area contributed by atoms with Gasteiger partial charge in [-0.15, -0.1) is 0 Å². The minimum atomic E-state index is 0.367. The second-order valence-corrected chi connectivity index (χ2v) is 5.93. The van der Waals surface area contributed by atoms with E-state index in [2.05, 4.69) is 31.1 Å². The van der Waals surface area contributed by atoms with E-state index in [1.165, 1.54) is 45.2 Å². The fourth-order valence-corrected chi connectivity index (χ4v) is 3.11. The van der Waals surface area contributed by atoms with Crippen molar-refractivity contribution >= 4 is 0 Å². The molecule has 0 aromatic rings. The number of hydrogen-bond donors (Lipinski definition) is 1. The van der Waals surface area contributed by atoms with E-state index in [4.69, 9.17) is 4.74 Å². The second kappa shape index (κ2) is 5.68. The van der Waals surface area contributed by atoms with Crippen molar-refractivity contribution in [2.24, 2.45) is 0 Å². The van der Waals surface area contributed by atoms with Crippen molar-refractivity contribution < 1.29 is 4.74 Å². The number of nitrogens with one attached hydrogen (secondary N) is 1. The van der Waals surface area contributed by atoms with Crippen LogP contribution in [0.5, 0.6) is 0 Å². The van der Waals surface area contributed by atoms with Crippen molar-refractivity contribution in [1.29, 1.82) is 0 Å². The van der Waals surface area contributed by atoms with Gasteiger partial charge in [0.2, 0.25) is 0 Å². The Hall–Kier alpha value is -0.120. The normalized spacial score (nSPS) is 34.8. The van der Waals surface area contributed by atoms with E-state index in [0.717, 1.165) is 12.6 Å². The van der Waals surface area contributed by atoms with Gasteiger partial charge in [-0.05, 0) is 46.1 Å². The number of rotatable bonds is 3. The highest BCUT2D eigenvalue weighted by Crippen LogP contribution is 2.27. The van der Waals surface area contributed by atoms with Crippen molar-refractivity contribution in [3.8, 4) is 0 Å². The Morgan fingerprint density at radius 2 is 2.06 bits per heavy atom. The number of piperidine rings is 1. The number of likely N-dealkylation sites (tertiary alicyclic amines) is 1. The van der Waals surface area contributed by atoms with Crippen LogP contribution in [0.1, 0.15) is 46.0 Å². The van der Waals surface area contributed by atoms with E-state index in [0.29, 0.717) is 11.6 Å². The fourth-order valence-electron chi connectivity index (χ4n) is 3.11. The molecule has 2 fully saturated rings. The first-order valence-electron chi connectivity index (χ1n) is 7.21. The van der Waals surface area contributed by atoms with Crippen molar-refractivity contribution in [3.63, 3.8) is 0 Å². The van der Waals surface area contributed by atoms with Crippen molar-refractivity contribution in [1.82, 2.24) is 10.2 Å². The lowest BCUT2D eigenvalue weighted by Gasteiger charge is -2.44. The SMILES string of the molecule is CCC1CC(N2CCC(C)(NC)CC2)CCO1. The molecule has 2 heterocycles. The van der Waals surface area contributed by atoms with Crippen molar-refractivity contribution in [3.05, 3.63) is 0 Å². The molecule has 0 amide bonds. The van der Waals surface area contributed by atoms with E-state index in [-0.39, 0.29) is 0 Å². The van der Waals surface area contributed by atoms with Gasteiger partial charge in [-0.1, -0.05) is 6.92 Å². The third-order valence-corrected chi connectivity index (χ3v) is 4.82. The van der Waals surface area contributed by atoms with Gasteiger partial charge < -0.3 is 15.0 Å². The van der Waals surface area contributed by atoms with E-state index in [1.807, 2.05) is 0 Å². The molecule has 0 radical (unpaired) electrons. The number of hydrogen-bond acceptors (Lipinski definition) is 3. The molecule has 0 spiro atoms. The van der Waals surface area contributed by atoms with Crippen LogP contribution in [-0.4, -0.2) is 49.3 Å². The Balaban J connectivity index is 1.84. The van der Waals surface area contributed by atoms with Gasteiger partial charge >= 0.3 is 0 Å². The molecule has 100 valence electrons. The highest BCUT2D eigenvalue weighted by Gasteiger charge is 2.33. The van der Waals surface area contributed by atoms with Crippen molar-refractivity contribution in [2.75, 3.05) is 26.7 Å². The van der Waals surface area contributed by atoms with Gasteiger partial charge in [0.05, 0.1) is 6.10 Å². The van der Waals surface area contributed by atoms with Crippen molar-refractivity contribution in [2.45, 2.75) is 63.6 Å². The molecule has 2 atom stereocenters. The Morgan fingerprint density at radius 1 is 1.35 bits per heavy atom. The predicted octanol–water partition coefficient (Wildman–Crippen LogP) is 2.02. The first-order chi connectivity index (χ1) is 8.17. The van der Waals surface area contributed by atoms with Gasteiger partial charge in [0.25, 0.3) is 0 Å². The van der Waals surface area contributed by atoms with Gasteiger partial charge in [-0.25, -0.2) is 0 Å². The van der Waals surface area contributed by atoms with E-state index < -0.39 is 0 Å². The lowest BCUT2D eigenvalue weighted by Crippen LogP contribution is -2.53. The minimum Gasteiger partial charge on any atom is -0.378 e. The maximum atomic E-state index is 5.77. The number of ether oxygens (including phenoxy) is 1. The molecule has 0 aromatic heterocycles. The molecule has 1 N–H and O–H groups in total. The average Bonchev–Trinajstić information content (AvgIpc) is 2.40. The molecule has 2 aliphatic rings. The maximum absolute atomic E-state index is 5.77. The van der Waals surface area contributed by atoms with E-state index in [9.17, 15) is 0 Å². The van der Waals surface area contributed by atoms with Gasteiger partial charge in [0.1, 0.15) is 0 Å². The molecule has 2 aliphatic heterocycles. The van der Waals surface area contributed by atoms with E-state index in [1.54, 1.807) is 0 Å². The molecule has 0 aliphatic carbocycles. The smallest absolute Gasteiger partial charge is 0.0587 e. The van der Waals surface area contributed by atoms with Crippen LogP contribution in [0.15, 0.2) is 0 Å².